The van der Waals surface area contributed by atoms with Gasteiger partial charge >= 0.3 is 59.1 Å². The van der Waals surface area contributed by atoms with E-state index in [1.807, 2.05) is 84.9 Å². The van der Waals surface area contributed by atoms with Gasteiger partial charge in [-0.25, -0.2) is 16.8 Å². The second-order valence-corrected chi connectivity index (χ2v) is 15.9. The molecule has 0 amide bonds. The summed E-state index contributed by atoms with van der Waals surface area (Å²) in [5, 5.41) is 0. The Morgan fingerprint density at radius 2 is 0.981 bits per heavy atom. The Morgan fingerprint density at radius 3 is 1.44 bits per heavy atom. The van der Waals surface area contributed by atoms with Gasteiger partial charge in [0.25, 0.3) is 0 Å². The summed E-state index contributed by atoms with van der Waals surface area (Å²) >= 11 is 0. The fraction of sp³-hybridized carbons (Fsp3) is 0.538. The summed E-state index contributed by atoms with van der Waals surface area (Å²) in [5.74, 6) is -0.0658. The second-order valence-electron chi connectivity index (χ2n) is 12.9. The minimum atomic E-state index is -4.31. The molecule has 52 heavy (non-hydrogen) atoms. The molecule has 3 aromatic carbocycles. The minimum absolute atomic E-state index is 0. The van der Waals surface area contributed by atoms with Crippen molar-refractivity contribution in [1.82, 2.24) is 4.90 Å². The molecule has 0 atom stereocenters. The molecular formula is C39H55NNa2O8S2. The minimum Gasteiger partial charge on any atom is -0.748 e. The van der Waals surface area contributed by atoms with E-state index in [9.17, 15) is 25.9 Å². The van der Waals surface area contributed by atoms with Gasteiger partial charge in [0.2, 0.25) is 0 Å². The van der Waals surface area contributed by atoms with Crippen LogP contribution in [0.5, 0.6) is 5.75 Å². The zero-order valence-corrected chi connectivity index (χ0v) is 37.2. The van der Waals surface area contributed by atoms with Gasteiger partial charge in [-0.05, 0) is 74.0 Å². The molecule has 0 saturated heterocycles. The molecule has 13 heteroatoms. The Kier molecular flexibility index (Phi) is 25.5. The van der Waals surface area contributed by atoms with E-state index >= 15 is 0 Å². The van der Waals surface area contributed by atoms with E-state index in [1.165, 1.54) is 38.5 Å². The van der Waals surface area contributed by atoms with Crippen molar-refractivity contribution in [3.63, 3.8) is 0 Å². The zero-order chi connectivity index (χ0) is 36.1. The first-order valence-electron chi connectivity index (χ1n) is 18.1. The van der Waals surface area contributed by atoms with Gasteiger partial charge in [0.15, 0.2) is 0 Å². The molecule has 0 heterocycles. The van der Waals surface area contributed by atoms with Crippen molar-refractivity contribution in [2.75, 3.05) is 44.4 Å². The van der Waals surface area contributed by atoms with Crippen LogP contribution >= 0.6 is 0 Å². The average Bonchev–Trinajstić information content (AvgIpc) is 3.09. The molecule has 0 radical (unpaired) electrons. The SMILES string of the molecule is CCCCCCCCCCOc1ccc(C(OCCN(CCCCS(=O)(=O)[O-])CCCCS(=O)(=O)[O-])(c2ccccc2)c2ccccc2)cc1.[Na+].[Na+]. The van der Waals surface area contributed by atoms with Crippen molar-refractivity contribution in [3.8, 4) is 5.75 Å². The topological polar surface area (TPSA) is 136 Å². The largest absolute Gasteiger partial charge is 1.00 e. The van der Waals surface area contributed by atoms with Gasteiger partial charge in [-0.15, -0.1) is 0 Å². The Hall–Kier alpha value is -0.800. The van der Waals surface area contributed by atoms with Gasteiger partial charge in [0.1, 0.15) is 11.4 Å². The first-order chi connectivity index (χ1) is 24.0. The fourth-order valence-corrected chi connectivity index (χ4v) is 7.31. The van der Waals surface area contributed by atoms with Crippen LogP contribution in [0.2, 0.25) is 0 Å². The van der Waals surface area contributed by atoms with Crippen molar-refractivity contribution < 1.29 is 94.5 Å². The summed E-state index contributed by atoms with van der Waals surface area (Å²) < 4.78 is 79.9. The van der Waals surface area contributed by atoms with E-state index in [2.05, 4.69) is 11.8 Å². The maximum atomic E-state index is 11.1. The maximum Gasteiger partial charge on any atom is 1.00 e. The van der Waals surface area contributed by atoms with Crippen LogP contribution in [0, 0.1) is 0 Å². The standard InChI is InChI=1S/C39H57NO8S2.2Na/c1-2-3-4-5-6-7-8-17-31-47-38-26-24-37(25-27-38)39(35-20-11-9-12-21-35,36-22-13-10-14-23-36)48-32-30-40(28-15-18-33-49(41,42)43)29-16-19-34-50(44,45)46;;/h9-14,20-27H,2-8,15-19,28-34H2,1H3,(H,41,42,43)(H,44,45,46);;/q;2*+1/p-2. The third-order valence-corrected chi connectivity index (χ3v) is 10.4. The molecule has 0 spiro atoms. The summed E-state index contributed by atoms with van der Waals surface area (Å²) in [4.78, 5) is 2.07. The van der Waals surface area contributed by atoms with E-state index in [-0.39, 0.29) is 72.0 Å². The van der Waals surface area contributed by atoms with Crippen molar-refractivity contribution in [2.45, 2.75) is 89.6 Å². The fourth-order valence-electron chi connectivity index (χ4n) is 6.20. The number of hydrogen-bond acceptors (Lipinski definition) is 9. The van der Waals surface area contributed by atoms with Crippen LogP contribution in [0.15, 0.2) is 84.9 Å². The van der Waals surface area contributed by atoms with Gasteiger partial charge < -0.3 is 23.5 Å². The number of rotatable bonds is 27. The monoisotopic (exact) mass is 775 g/mol. The Balaban J connectivity index is 0.00000676. The molecule has 0 aromatic heterocycles. The molecule has 0 aliphatic carbocycles. The van der Waals surface area contributed by atoms with Crippen molar-refractivity contribution in [1.29, 1.82) is 0 Å². The molecule has 0 N–H and O–H groups in total. The van der Waals surface area contributed by atoms with Crippen molar-refractivity contribution in [3.05, 3.63) is 102 Å². The molecule has 0 bridgehead atoms. The molecule has 0 unspecified atom stereocenters. The summed E-state index contributed by atoms with van der Waals surface area (Å²) in [7, 11) is -8.62. The van der Waals surface area contributed by atoms with Crippen LogP contribution in [0.25, 0.3) is 0 Å². The van der Waals surface area contributed by atoms with Crippen LogP contribution in [0.1, 0.15) is 101 Å². The Bertz CT molecular complexity index is 1480. The van der Waals surface area contributed by atoms with Crippen LogP contribution in [0.4, 0.5) is 0 Å². The second kappa shape index (κ2) is 26.9. The molecule has 9 nitrogen and oxygen atoms in total. The van der Waals surface area contributed by atoms with Crippen molar-refractivity contribution >= 4 is 20.2 Å². The molecule has 0 aliphatic heterocycles. The zero-order valence-electron chi connectivity index (χ0n) is 31.5. The van der Waals surface area contributed by atoms with Crippen LogP contribution in [-0.4, -0.2) is 75.2 Å². The van der Waals surface area contributed by atoms with Gasteiger partial charge in [-0.3, -0.25) is 0 Å². The summed E-state index contributed by atoms with van der Waals surface area (Å²) in [6.45, 7) is 4.66. The third-order valence-electron chi connectivity index (χ3n) is 8.85. The van der Waals surface area contributed by atoms with Crippen LogP contribution < -0.4 is 63.9 Å². The van der Waals surface area contributed by atoms with Crippen molar-refractivity contribution in [2.24, 2.45) is 0 Å². The van der Waals surface area contributed by atoms with Gasteiger partial charge in [-0.2, -0.15) is 0 Å². The quantitative estimate of drug-likeness (QED) is 0.0489. The number of ether oxygens (including phenoxy) is 2. The Labute approximate surface area is 357 Å². The third kappa shape index (κ3) is 19.2. The molecular weight excluding hydrogens is 721 g/mol. The predicted octanol–water partition coefficient (Wildman–Crippen LogP) is 1.48. The van der Waals surface area contributed by atoms with E-state index < -0.39 is 37.3 Å². The molecule has 278 valence electrons. The summed E-state index contributed by atoms with van der Waals surface area (Å²) in [6, 6.07) is 28.1. The normalized spacial score (nSPS) is 11.9. The van der Waals surface area contributed by atoms with Crippen LogP contribution in [-0.2, 0) is 30.6 Å². The molecule has 0 saturated carbocycles. The van der Waals surface area contributed by atoms with E-state index in [0.29, 0.717) is 45.7 Å². The smallest absolute Gasteiger partial charge is 0.748 e. The summed E-state index contributed by atoms with van der Waals surface area (Å²) in [5.41, 5.74) is 1.87. The van der Waals surface area contributed by atoms with E-state index in [1.54, 1.807) is 0 Å². The van der Waals surface area contributed by atoms with Crippen LogP contribution in [0.3, 0.4) is 0 Å². The first-order valence-corrected chi connectivity index (χ1v) is 21.3. The first kappa shape index (κ1) is 49.2. The maximum absolute atomic E-state index is 11.1. The molecule has 0 aliphatic rings. The van der Waals surface area contributed by atoms with E-state index in [4.69, 9.17) is 9.47 Å². The molecule has 3 aromatic rings. The van der Waals surface area contributed by atoms with Gasteiger partial charge in [0.05, 0.1) is 33.5 Å². The van der Waals surface area contributed by atoms with Gasteiger partial charge in [0, 0.05) is 18.1 Å². The Morgan fingerprint density at radius 1 is 0.538 bits per heavy atom. The summed E-state index contributed by atoms with van der Waals surface area (Å²) in [6.07, 6.45) is 11.3. The molecule has 3 rings (SSSR count). The van der Waals surface area contributed by atoms with Gasteiger partial charge in [-0.1, -0.05) is 125 Å². The number of hydrogen-bond donors (Lipinski definition) is 0. The number of unbranched alkanes of at least 4 members (excludes halogenated alkanes) is 9. The predicted molar refractivity (Wildman–Crippen MR) is 197 cm³/mol. The number of nitrogens with zero attached hydrogens (tertiary/aromatic N) is 1. The molecule has 0 fully saturated rings. The average molecular weight is 776 g/mol. The number of benzene rings is 3. The van der Waals surface area contributed by atoms with E-state index in [0.717, 1.165) is 35.3 Å².